The monoisotopic (exact) mass is 955 g/mol. The fraction of sp³-hybridized carbons (Fsp3) is 0.368. The number of aliphatic carboxylic acids is 6. The number of hydrogen-bond acceptors (Lipinski definition) is 12. The predicted molar refractivity (Wildman–Crippen MR) is 220 cm³/mol. The molecule has 0 aliphatic rings. The van der Waals surface area contributed by atoms with Crippen molar-refractivity contribution in [2.45, 2.75) is 81.3 Å². The first kappa shape index (κ1) is 57.7. The molecule has 0 heterocycles. The first-order valence-electron chi connectivity index (χ1n) is 17.5. The fourth-order valence-electron chi connectivity index (χ4n) is 4.16. The molecule has 5 unspecified atom stereocenters. The Morgan fingerprint density at radius 3 is 1.33 bits per heavy atom. The van der Waals surface area contributed by atoms with Gasteiger partial charge in [0.15, 0.2) is 0 Å². The number of halogens is 5. The van der Waals surface area contributed by atoms with E-state index in [1.807, 2.05) is 24.3 Å². The number of methoxy groups -OCH3 is 1. The SMILES string of the molecule is COc1ccc(C(N)CC(=O)O)cc1.NC(CC(=O)O)C(F)(F)F.NC(CC(=O)O)c1ccc(Cl)cc1.NC(CC(=O)O)c1cccc(Br)c1.NC(CCC(=O)O)CC(=O)O. The lowest BCUT2D eigenvalue weighted by Gasteiger charge is -2.12. The Kier molecular flexibility index (Phi) is 29.0. The number of nitrogens with two attached hydrogens (primary N) is 5. The molecular weight excluding hydrogens is 907 g/mol. The lowest BCUT2D eigenvalue weighted by Crippen LogP contribution is -2.38. The average Bonchev–Trinajstić information content (AvgIpc) is 3.13. The zero-order chi connectivity index (χ0) is 47.5. The van der Waals surface area contributed by atoms with Gasteiger partial charge in [0.1, 0.15) is 11.8 Å². The summed E-state index contributed by atoms with van der Waals surface area (Å²) >= 11 is 8.96. The van der Waals surface area contributed by atoms with Crippen molar-refractivity contribution in [1.82, 2.24) is 0 Å². The molecular formula is C38H50BrClF3N5O13. The zero-order valence-electron chi connectivity index (χ0n) is 32.6. The summed E-state index contributed by atoms with van der Waals surface area (Å²) < 4.78 is 40.1. The van der Waals surface area contributed by atoms with Crippen LogP contribution in [0.4, 0.5) is 13.2 Å². The van der Waals surface area contributed by atoms with E-state index in [2.05, 4.69) is 21.7 Å². The second kappa shape index (κ2) is 30.6. The van der Waals surface area contributed by atoms with Crippen LogP contribution in [0, 0.1) is 0 Å². The van der Waals surface area contributed by atoms with Gasteiger partial charge in [0.2, 0.25) is 0 Å². The molecule has 0 saturated carbocycles. The topological polar surface area (TPSA) is 363 Å². The van der Waals surface area contributed by atoms with Crippen LogP contribution in [-0.2, 0) is 28.8 Å². The molecule has 0 saturated heterocycles. The third kappa shape index (κ3) is 31.2. The van der Waals surface area contributed by atoms with E-state index in [1.165, 1.54) is 0 Å². The summed E-state index contributed by atoms with van der Waals surface area (Å²) in [6.45, 7) is 0. The van der Waals surface area contributed by atoms with E-state index in [0.717, 1.165) is 26.9 Å². The van der Waals surface area contributed by atoms with Gasteiger partial charge in [-0.3, -0.25) is 28.8 Å². The Morgan fingerprint density at radius 2 is 1.00 bits per heavy atom. The zero-order valence-corrected chi connectivity index (χ0v) is 34.9. The van der Waals surface area contributed by atoms with Gasteiger partial charge in [0.25, 0.3) is 0 Å². The highest BCUT2D eigenvalue weighted by Crippen LogP contribution is 2.21. The molecule has 0 aromatic heterocycles. The van der Waals surface area contributed by atoms with Gasteiger partial charge >= 0.3 is 42.0 Å². The molecule has 0 radical (unpaired) electrons. The van der Waals surface area contributed by atoms with Crippen molar-refractivity contribution in [2.75, 3.05) is 7.11 Å². The Morgan fingerprint density at radius 1 is 0.607 bits per heavy atom. The van der Waals surface area contributed by atoms with E-state index in [-0.39, 0.29) is 38.5 Å². The van der Waals surface area contributed by atoms with Gasteiger partial charge in [-0.25, -0.2) is 0 Å². The molecule has 61 heavy (non-hydrogen) atoms. The first-order valence-corrected chi connectivity index (χ1v) is 18.7. The summed E-state index contributed by atoms with van der Waals surface area (Å²) in [6, 6.07) is 17.1. The van der Waals surface area contributed by atoms with Crippen molar-refractivity contribution in [3.8, 4) is 5.75 Å². The van der Waals surface area contributed by atoms with E-state index < -0.39 is 78.6 Å². The van der Waals surface area contributed by atoms with Gasteiger partial charge in [0, 0.05) is 40.1 Å². The first-order chi connectivity index (χ1) is 28.2. The number of hydrogen-bond donors (Lipinski definition) is 11. The summed E-state index contributed by atoms with van der Waals surface area (Å²) in [5.74, 6) is -5.45. The van der Waals surface area contributed by atoms with Crippen molar-refractivity contribution in [3.63, 3.8) is 0 Å². The van der Waals surface area contributed by atoms with E-state index >= 15 is 0 Å². The second-order valence-corrected chi connectivity index (χ2v) is 13.9. The molecule has 0 amide bonds. The minimum absolute atomic E-state index is 0.0452. The highest BCUT2D eigenvalue weighted by Gasteiger charge is 2.37. The average molecular weight is 957 g/mol. The molecule has 3 rings (SSSR count). The predicted octanol–water partition coefficient (Wildman–Crippen LogP) is 4.91. The minimum Gasteiger partial charge on any atom is -0.497 e. The van der Waals surface area contributed by atoms with Crippen LogP contribution in [0.1, 0.15) is 79.8 Å². The number of alkyl halides is 3. The number of carboxylic acid groups (broad SMARTS) is 6. The normalized spacial score (nSPS) is 12.8. The highest BCUT2D eigenvalue weighted by atomic mass is 79.9. The molecule has 23 heteroatoms. The van der Waals surface area contributed by atoms with Crippen LogP contribution in [0.2, 0.25) is 5.02 Å². The molecule has 0 aliphatic carbocycles. The van der Waals surface area contributed by atoms with Crippen LogP contribution >= 0.6 is 27.5 Å². The quantitative estimate of drug-likeness (QED) is 0.0856. The third-order valence-electron chi connectivity index (χ3n) is 7.28. The van der Waals surface area contributed by atoms with Crippen LogP contribution in [0.15, 0.2) is 77.3 Å². The van der Waals surface area contributed by atoms with Crippen molar-refractivity contribution >= 4 is 63.3 Å². The minimum atomic E-state index is -4.61. The van der Waals surface area contributed by atoms with Crippen LogP contribution in [-0.4, -0.2) is 91.8 Å². The Balaban J connectivity index is 0. The maximum absolute atomic E-state index is 11.4. The number of carbonyl (C=O) groups is 6. The van der Waals surface area contributed by atoms with Gasteiger partial charge in [0.05, 0.1) is 39.2 Å². The lowest BCUT2D eigenvalue weighted by molar-refractivity contribution is -0.161. The Hall–Kier alpha value is -5.36. The van der Waals surface area contributed by atoms with Crippen LogP contribution < -0.4 is 33.4 Å². The van der Waals surface area contributed by atoms with Crippen LogP contribution in [0.5, 0.6) is 5.75 Å². The Bertz CT molecular complexity index is 1810. The highest BCUT2D eigenvalue weighted by molar-refractivity contribution is 9.10. The molecule has 3 aromatic rings. The Labute approximate surface area is 361 Å². The maximum atomic E-state index is 11.4. The summed E-state index contributed by atoms with van der Waals surface area (Å²) in [5.41, 5.74) is 29.1. The summed E-state index contributed by atoms with van der Waals surface area (Å²) in [5, 5.41) is 50.5. The standard InChI is InChI=1S/C10H13NO3.C9H10BrNO2.C9H10ClNO2.C6H11NO4.C4H6F3NO2/c1-14-8-4-2-7(3-5-8)9(11)6-10(12)13;10-7-3-1-2-6(4-7)8(11)5-9(12)13;10-7-3-1-6(2-4-7)8(11)5-9(12)13;7-4(3-6(10)11)1-2-5(8)9;5-4(6,7)2(8)1-3(9)10/h2-5,9H,6,11H2,1H3,(H,12,13);2*1-4,8H,5,11H2,(H,12,13);4H,1-3,7H2,(H,8,9)(H,10,11);2H,1,8H2,(H,9,10). The summed E-state index contributed by atoms with van der Waals surface area (Å²) in [6.07, 6.45) is -5.91. The van der Waals surface area contributed by atoms with E-state index in [1.54, 1.807) is 55.6 Å². The van der Waals surface area contributed by atoms with Crippen molar-refractivity contribution in [1.29, 1.82) is 0 Å². The van der Waals surface area contributed by atoms with E-state index in [4.69, 9.17) is 69.9 Å². The molecule has 0 aliphatic heterocycles. The van der Waals surface area contributed by atoms with Gasteiger partial charge in [-0.2, -0.15) is 13.2 Å². The van der Waals surface area contributed by atoms with Gasteiger partial charge in [-0.15, -0.1) is 0 Å². The third-order valence-corrected chi connectivity index (χ3v) is 8.03. The molecule has 0 bridgehead atoms. The number of rotatable bonds is 17. The van der Waals surface area contributed by atoms with Crippen molar-refractivity contribution in [3.05, 3.63) is 99.0 Å². The van der Waals surface area contributed by atoms with E-state index in [0.29, 0.717) is 5.02 Å². The van der Waals surface area contributed by atoms with Crippen molar-refractivity contribution < 1.29 is 77.3 Å². The van der Waals surface area contributed by atoms with Gasteiger partial charge in [-0.05, 0) is 59.5 Å². The maximum Gasteiger partial charge on any atom is 0.404 e. The van der Waals surface area contributed by atoms with Gasteiger partial charge < -0.3 is 64.0 Å². The smallest absolute Gasteiger partial charge is 0.404 e. The fourth-order valence-corrected chi connectivity index (χ4v) is 4.70. The summed E-state index contributed by atoms with van der Waals surface area (Å²) in [7, 11) is 1.58. The summed E-state index contributed by atoms with van der Waals surface area (Å²) in [4.78, 5) is 60.8. The van der Waals surface area contributed by atoms with Gasteiger partial charge in [-0.1, -0.05) is 63.9 Å². The number of benzene rings is 3. The second-order valence-electron chi connectivity index (χ2n) is 12.5. The van der Waals surface area contributed by atoms with Crippen LogP contribution in [0.3, 0.4) is 0 Å². The number of ether oxygens (including phenoxy) is 1. The molecule has 5 atom stereocenters. The van der Waals surface area contributed by atoms with Crippen LogP contribution in [0.25, 0.3) is 0 Å². The molecule has 18 nitrogen and oxygen atoms in total. The largest absolute Gasteiger partial charge is 0.497 e. The van der Waals surface area contributed by atoms with E-state index in [9.17, 15) is 41.9 Å². The molecule has 3 aromatic carbocycles. The molecule has 340 valence electrons. The lowest BCUT2D eigenvalue weighted by atomic mass is 10.1. The molecule has 0 fully saturated rings. The van der Waals surface area contributed by atoms with Crippen molar-refractivity contribution in [2.24, 2.45) is 28.7 Å². The molecule has 16 N–H and O–H groups in total. The number of carboxylic acids is 6. The molecule has 0 spiro atoms.